The van der Waals surface area contributed by atoms with Crippen LogP contribution in [0.5, 0.6) is 0 Å². The molecule has 1 amide bonds. The van der Waals surface area contributed by atoms with Crippen molar-refractivity contribution in [2.45, 2.75) is 32.5 Å². The Kier molecular flexibility index (Phi) is 5.98. The number of nitriles is 1. The van der Waals surface area contributed by atoms with Crippen LogP contribution in [0.3, 0.4) is 0 Å². The van der Waals surface area contributed by atoms with Gasteiger partial charge in [0.2, 0.25) is 5.91 Å². The summed E-state index contributed by atoms with van der Waals surface area (Å²) in [6.07, 6.45) is -4.54. The smallest absolute Gasteiger partial charge is 0.348 e. The van der Waals surface area contributed by atoms with Gasteiger partial charge in [-0.3, -0.25) is 14.6 Å². The van der Waals surface area contributed by atoms with Crippen molar-refractivity contribution in [3.63, 3.8) is 0 Å². The maximum absolute atomic E-state index is 14.1. The second-order valence-corrected chi connectivity index (χ2v) is 7.07. The van der Waals surface area contributed by atoms with E-state index in [1.807, 2.05) is 0 Å². The van der Waals surface area contributed by atoms with Crippen molar-refractivity contribution >= 4 is 16.8 Å². The van der Waals surface area contributed by atoms with Crippen molar-refractivity contribution in [2.75, 3.05) is 0 Å². The Bertz CT molecular complexity index is 1340. The predicted octanol–water partition coefficient (Wildman–Crippen LogP) is 4.31. The summed E-state index contributed by atoms with van der Waals surface area (Å²) >= 11 is 0. The van der Waals surface area contributed by atoms with Gasteiger partial charge in [-0.2, -0.15) is 18.4 Å². The molecular weight excluding hydrogens is 435 g/mol. The van der Waals surface area contributed by atoms with E-state index < -0.39 is 52.7 Å². The molecule has 0 aliphatic heterocycles. The highest BCUT2D eigenvalue weighted by molar-refractivity contribution is 5.89. The fourth-order valence-electron chi connectivity index (χ4n) is 3.43. The van der Waals surface area contributed by atoms with Crippen LogP contribution in [-0.2, 0) is 17.4 Å². The summed E-state index contributed by atoms with van der Waals surface area (Å²) in [4.78, 5) is 30.9. The standard InChI is InChI=1S/C21H15F5N4O2.2H2/c1-9-12(6-16(31)29-10(2)19-14(23)5-11(7-27)8-28-19)20(32)30-15-4-3-13(22)18(17(9)15)21(24,25)26;;/h3-5,8,10H,6H2,1-2H3,(H,29,31)(H,30,32);2*1H/t10-;;/m0../s1. The van der Waals surface area contributed by atoms with E-state index in [0.717, 1.165) is 18.3 Å². The average molecular weight is 454 g/mol. The number of alkyl halides is 3. The molecule has 0 unspecified atom stereocenters. The van der Waals surface area contributed by atoms with Gasteiger partial charge in [0.05, 0.1) is 23.7 Å². The quantitative estimate of drug-likeness (QED) is 0.574. The van der Waals surface area contributed by atoms with Crippen molar-refractivity contribution in [1.82, 2.24) is 15.3 Å². The molecule has 2 heterocycles. The molecule has 3 rings (SSSR count). The summed E-state index contributed by atoms with van der Waals surface area (Å²) in [5, 5.41) is 10.6. The minimum absolute atomic E-state index is 0. The molecular formula is C21H19F5N4O2. The number of aromatic amines is 1. The zero-order valence-corrected chi connectivity index (χ0v) is 16.7. The number of amides is 1. The summed E-state index contributed by atoms with van der Waals surface area (Å²) < 4.78 is 68.4. The molecule has 0 aliphatic carbocycles. The fourth-order valence-corrected chi connectivity index (χ4v) is 3.43. The van der Waals surface area contributed by atoms with Crippen LogP contribution in [0.2, 0.25) is 0 Å². The topological polar surface area (TPSA) is 98.6 Å². The first-order valence-electron chi connectivity index (χ1n) is 9.20. The molecule has 3 aromatic rings. The number of rotatable bonds is 4. The van der Waals surface area contributed by atoms with Gasteiger partial charge in [0.25, 0.3) is 5.56 Å². The number of aryl methyl sites for hydroxylation is 1. The molecule has 11 heteroatoms. The monoisotopic (exact) mass is 454 g/mol. The van der Waals surface area contributed by atoms with E-state index in [0.29, 0.717) is 6.07 Å². The second-order valence-electron chi connectivity index (χ2n) is 7.07. The highest BCUT2D eigenvalue weighted by Crippen LogP contribution is 2.37. The van der Waals surface area contributed by atoms with E-state index in [1.165, 1.54) is 13.8 Å². The van der Waals surface area contributed by atoms with Gasteiger partial charge >= 0.3 is 6.18 Å². The van der Waals surface area contributed by atoms with Crippen LogP contribution in [0.4, 0.5) is 22.0 Å². The lowest BCUT2D eigenvalue weighted by atomic mass is 9.97. The van der Waals surface area contributed by atoms with Gasteiger partial charge in [-0.05, 0) is 37.6 Å². The Balaban J connectivity index is 0.00000289. The summed E-state index contributed by atoms with van der Waals surface area (Å²) in [5.41, 5.74) is -3.23. The molecule has 6 nitrogen and oxygen atoms in total. The minimum Gasteiger partial charge on any atom is -0.348 e. The largest absolute Gasteiger partial charge is 0.419 e. The number of H-pyrrole nitrogens is 1. The SMILES string of the molecule is Cc1c(CC(=O)N[C@@H](C)c2ncc(C#N)cc2F)c(=O)[nH]c2ccc(F)c(C(F)(F)F)c12.[HH].[HH]. The van der Waals surface area contributed by atoms with E-state index in [-0.39, 0.29) is 30.8 Å². The van der Waals surface area contributed by atoms with Crippen LogP contribution < -0.4 is 10.9 Å². The van der Waals surface area contributed by atoms with Crippen LogP contribution in [0.1, 0.15) is 43.8 Å². The van der Waals surface area contributed by atoms with Gasteiger partial charge < -0.3 is 10.3 Å². The molecule has 1 atom stereocenters. The van der Waals surface area contributed by atoms with Gasteiger partial charge in [0, 0.05) is 25.5 Å². The van der Waals surface area contributed by atoms with Crippen molar-refractivity contribution < 1.29 is 29.6 Å². The highest BCUT2D eigenvalue weighted by Gasteiger charge is 2.37. The van der Waals surface area contributed by atoms with Crippen molar-refractivity contribution in [3.05, 3.63) is 74.3 Å². The number of hydrogen-bond donors (Lipinski definition) is 2. The number of carbonyl (C=O) groups excluding carboxylic acids is 1. The average Bonchev–Trinajstić information content (AvgIpc) is 2.70. The molecule has 170 valence electrons. The lowest BCUT2D eigenvalue weighted by Crippen LogP contribution is -2.31. The molecule has 0 fully saturated rings. The van der Waals surface area contributed by atoms with Crippen LogP contribution in [-0.4, -0.2) is 15.9 Å². The third-order valence-corrected chi connectivity index (χ3v) is 4.91. The van der Waals surface area contributed by atoms with Crippen LogP contribution >= 0.6 is 0 Å². The molecule has 0 saturated carbocycles. The molecule has 0 saturated heterocycles. The Morgan fingerprint density at radius 2 is 2.00 bits per heavy atom. The molecule has 0 spiro atoms. The Labute approximate surface area is 180 Å². The van der Waals surface area contributed by atoms with Gasteiger partial charge in [-0.1, -0.05) is 0 Å². The van der Waals surface area contributed by atoms with Crippen molar-refractivity contribution in [1.29, 1.82) is 5.26 Å². The predicted molar refractivity (Wildman–Crippen MR) is 108 cm³/mol. The molecule has 2 N–H and O–H groups in total. The number of halogens is 5. The molecule has 0 aliphatic rings. The number of pyridine rings is 2. The lowest BCUT2D eigenvalue weighted by molar-refractivity contribution is -0.138. The first-order valence-corrected chi connectivity index (χ1v) is 9.20. The summed E-state index contributed by atoms with van der Waals surface area (Å²) in [5.74, 6) is -3.13. The van der Waals surface area contributed by atoms with E-state index in [9.17, 15) is 31.5 Å². The first kappa shape index (κ1) is 22.9. The number of fused-ring (bicyclic) bond motifs is 1. The van der Waals surface area contributed by atoms with Crippen molar-refractivity contribution in [3.8, 4) is 6.07 Å². The number of benzene rings is 1. The normalized spacial score (nSPS) is 12.4. The first-order chi connectivity index (χ1) is 14.9. The van der Waals surface area contributed by atoms with Crippen LogP contribution in [0.15, 0.2) is 29.2 Å². The van der Waals surface area contributed by atoms with E-state index in [4.69, 9.17) is 5.26 Å². The number of carbonyl (C=O) groups is 1. The van der Waals surface area contributed by atoms with Gasteiger partial charge in [0.1, 0.15) is 23.3 Å². The zero-order valence-electron chi connectivity index (χ0n) is 16.7. The zero-order chi connectivity index (χ0) is 23.8. The summed E-state index contributed by atoms with van der Waals surface area (Å²) in [6, 6.07) is 3.32. The second kappa shape index (κ2) is 8.37. The number of aromatic nitrogens is 2. The Morgan fingerprint density at radius 1 is 1.31 bits per heavy atom. The highest BCUT2D eigenvalue weighted by atomic mass is 19.4. The minimum atomic E-state index is -5.03. The third kappa shape index (κ3) is 4.30. The van der Waals surface area contributed by atoms with Crippen LogP contribution in [0, 0.1) is 29.9 Å². The van der Waals surface area contributed by atoms with E-state index in [1.54, 1.807) is 6.07 Å². The maximum atomic E-state index is 14.1. The number of nitrogens with zero attached hydrogens (tertiary/aromatic N) is 2. The van der Waals surface area contributed by atoms with Gasteiger partial charge in [-0.25, -0.2) is 8.78 Å². The number of hydrogen-bond acceptors (Lipinski definition) is 4. The molecule has 1 aromatic carbocycles. The lowest BCUT2D eigenvalue weighted by Gasteiger charge is -2.17. The maximum Gasteiger partial charge on any atom is 0.419 e. The Morgan fingerprint density at radius 3 is 2.59 bits per heavy atom. The molecule has 32 heavy (non-hydrogen) atoms. The third-order valence-electron chi connectivity index (χ3n) is 4.91. The summed E-state index contributed by atoms with van der Waals surface area (Å²) in [6.45, 7) is 2.60. The van der Waals surface area contributed by atoms with Gasteiger partial charge in [-0.15, -0.1) is 0 Å². The van der Waals surface area contributed by atoms with Crippen LogP contribution in [0.25, 0.3) is 10.9 Å². The molecule has 2 aromatic heterocycles. The fraction of sp³-hybridized carbons (Fsp3) is 0.238. The Hall–Kier alpha value is -3.81. The summed E-state index contributed by atoms with van der Waals surface area (Å²) in [7, 11) is 0. The van der Waals surface area contributed by atoms with E-state index in [2.05, 4.69) is 15.3 Å². The van der Waals surface area contributed by atoms with Gasteiger partial charge in [0.15, 0.2) is 0 Å². The molecule has 0 bridgehead atoms. The number of nitrogens with one attached hydrogen (secondary N) is 2. The van der Waals surface area contributed by atoms with Crippen molar-refractivity contribution in [2.24, 2.45) is 0 Å². The molecule has 0 radical (unpaired) electrons. The van der Waals surface area contributed by atoms with E-state index >= 15 is 0 Å².